The second-order valence-corrected chi connectivity index (χ2v) is 6.15. The van der Waals surface area contributed by atoms with Crippen LogP contribution in [-0.4, -0.2) is 11.5 Å². The summed E-state index contributed by atoms with van der Waals surface area (Å²) in [6, 6.07) is 11.0. The van der Waals surface area contributed by atoms with Crippen LogP contribution in [0.5, 0.6) is 0 Å². The van der Waals surface area contributed by atoms with Crippen molar-refractivity contribution in [3.05, 3.63) is 42.1 Å². The summed E-state index contributed by atoms with van der Waals surface area (Å²) in [6.45, 7) is 10.2. The molecule has 0 bridgehead atoms. The molecule has 2 heteroatoms. The lowest BCUT2D eigenvalue weighted by Gasteiger charge is -2.35. The van der Waals surface area contributed by atoms with Crippen LogP contribution in [0.4, 0.5) is 0 Å². The second kappa shape index (κ2) is 6.36. The molecule has 2 nitrogen and oxygen atoms in total. The average Bonchev–Trinajstić information content (AvgIpc) is 2.47. The fourth-order valence-corrected chi connectivity index (χ4v) is 2.66. The maximum absolute atomic E-state index is 4.62. The van der Waals surface area contributed by atoms with Crippen LogP contribution in [-0.2, 0) is 0 Å². The van der Waals surface area contributed by atoms with Crippen molar-refractivity contribution in [3.63, 3.8) is 0 Å². The second-order valence-electron chi connectivity index (χ2n) is 6.15. The Morgan fingerprint density at radius 2 is 1.90 bits per heavy atom. The Bertz CT molecular complexity index is 555. The first-order valence-corrected chi connectivity index (χ1v) is 7.67. The standard InChI is InChI=1S/C18H26N2/c1-5-12-20-17(18(3,4)6-2)15-11-7-9-14-10-8-13-19-16(14)15/h7-11,13,17,20H,5-6,12H2,1-4H3. The zero-order chi connectivity index (χ0) is 14.6. The smallest absolute Gasteiger partial charge is 0.0749 e. The normalized spacial score (nSPS) is 13.6. The summed E-state index contributed by atoms with van der Waals surface area (Å²) in [5.41, 5.74) is 2.66. The molecular weight excluding hydrogens is 244 g/mol. The third kappa shape index (κ3) is 3.01. The van der Waals surface area contributed by atoms with E-state index < -0.39 is 0 Å². The fourth-order valence-electron chi connectivity index (χ4n) is 2.66. The van der Waals surface area contributed by atoms with Crippen molar-refractivity contribution < 1.29 is 0 Å². The summed E-state index contributed by atoms with van der Waals surface area (Å²) in [4.78, 5) is 4.62. The summed E-state index contributed by atoms with van der Waals surface area (Å²) in [7, 11) is 0. The molecule has 0 amide bonds. The third-order valence-electron chi connectivity index (χ3n) is 4.27. The monoisotopic (exact) mass is 270 g/mol. The van der Waals surface area contributed by atoms with Gasteiger partial charge in [-0.05, 0) is 36.4 Å². The van der Waals surface area contributed by atoms with Crippen molar-refractivity contribution in [1.82, 2.24) is 10.3 Å². The molecule has 0 aliphatic carbocycles. The van der Waals surface area contributed by atoms with Crippen LogP contribution in [0.15, 0.2) is 36.5 Å². The predicted octanol–water partition coefficient (Wildman–Crippen LogP) is 4.71. The van der Waals surface area contributed by atoms with Gasteiger partial charge in [0.2, 0.25) is 0 Å². The molecule has 1 heterocycles. The topological polar surface area (TPSA) is 24.9 Å². The highest BCUT2D eigenvalue weighted by atomic mass is 14.9. The Hall–Kier alpha value is -1.41. The summed E-state index contributed by atoms with van der Waals surface area (Å²) in [6.07, 6.45) is 4.17. The molecule has 0 saturated heterocycles. The highest BCUT2D eigenvalue weighted by Gasteiger charge is 2.30. The minimum Gasteiger partial charge on any atom is -0.309 e. The summed E-state index contributed by atoms with van der Waals surface area (Å²) >= 11 is 0. The first-order chi connectivity index (χ1) is 9.60. The van der Waals surface area contributed by atoms with E-state index in [2.05, 4.69) is 62.3 Å². The number of nitrogens with zero attached hydrogens (tertiary/aromatic N) is 1. The highest BCUT2D eigenvalue weighted by molar-refractivity contribution is 5.82. The average molecular weight is 270 g/mol. The fraction of sp³-hybridized carbons (Fsp3) is 0.500. The number of aromatic nitrogens is 1. The van der Waals surface area contributed by atoms with Crippen molar-refractivity contribution in [2.75, 3.05) is 6.54 Å². The molecule has 2 rings (SSSR count). The molecule has 1 aromatic carbocycles. The van der Waals surface area contributed by atoms with E-state index in [0.29, 0.717) is 6.04 Å². The number of nitrogens with one attached hydrogen (secondary N) is 1. The van der Waals surface area contributed by atoms with Gasteiger partial charge >= 0.3 is 0 Å². The number of pyridine rings is 1. The lowest BCUT2D eigenvalue weighted by molar-refractivity contribution is 0.236. The van der Waals surface area contributed by atoms with E-state index >= 15 is 0 Å². The third-order valence-corrected chi connectivity index (χ3v) is 4.27. The minimum absolute atomic E-state index is 0.209. The van der Waals surface area contributed by atoms with Gasteiger partial charge in [0.15, 0.2) is 0 Å². The van der Waals surface area contributed by atoms with Crippen LogP contribution in [0.2, 0.25) is 0 Å². The molecule has 0 aliphatic heterocycles. The van der Waals surface area contributed by atoms with Gasteiger partial charge in [0.1, 0.15) is 0 Å². The predicted molar refractivity (Wildman–Crippen MR) is 86.8 cm³/mol. The molecule has 1 aromatic heterocycles. The molecule has 1 unspecified atom stereocenters. The van der Waals surface area contributed by atoms with E-state index in [1.54, 1.807) is 0 Å². The Morgan fingerprint density at radius 3 is 2.60 bits per heavy atom. The number of rotatable bonds is 6. The molecule has 1 atom stereocenters. The molecule has 0 radical (unpaired) electrons. The minimum atomic E-state index is 0.209. The largest absolute Gasteiger partial charge is 0.309 e. The van der Waals surface area contributed by atoms with Crippen molar-refractivity contribution in [3.8, 4) is 0 Å². The van der Waals surface area contributed by atoms with Crippen LogP contribution in [0, 0.1) is 5.41 Å². The summed E-state index contributed by atoms with van der Waals surface area (Å²) in [5, 5.41) is 4.95. The number of hydrogen-bond donors (Lipinski definition) is 1. The van der Waals surface area contributed by atoms with Crippen LogP contribution in [0.25, 0.3) is 10.9 Å². The van der Waals surface area contributed by atoms with Gasteiger partial charge < -0.3 is 5.32 Å². The Morgan fingerprint density at radius 1 is 1.15 bits per heavy atom. The van der Waals surface area contributed by atoms with Gasteiger partial charge in [-0.3, -0.25) is 4.98 Å². The van der Waals surface area contributed by atoms with Crippen molar-refractivity contribution in [2.45, 2.75) is 46.6 Å². The van der Waals surface area contributed by atoms with Gasteiger partial charge in [0, 0.05) is 17.6 Å². The van der Waals surface area contributed by atoms with Gasteiger partial charge in [-0.2, -0.15) is 0 Å². The van der Waals surface area contributed by atoms with Crippen molar-refractivity contribution >= 4 is 10.9 Å². The maximum Gasteiger partial charge on any atom is 0.0749 e. The van der Waals surface area contributed by atoms with E-state index in [0.717, 1.165) is 24.9 Å². The quantitative estimate of drug-likeness (QED) is 0.822. The number of fused-ring (bicyclic) bond motifs is 1. The Labute approximate surface area is 122 Å². The number of benzene rings is 1. The van der Waals surface area contributed by atoms with Crippen LogP contribution in [0.1, 0.15) is 52.1 Å². The zero-order valence-electron chi connectivity index (χ0n) is 13.1. The van der Waals surface area contributed by atoms with E-state index in [1.165, 1.54) is 10.9 Å². The lowest BCUT2D eigenvalue weighted by Crippen LogP contribution is -2.34. The van der Waals surface area contributed by atoms with Crippen LogP contribution in [0.3, 0.4) is 0 Å². The number of para-hydroxylation sites is 1. The first kappa shape index (κ1) is 15.0. The van der Waals surface area contributed by atoms with Gasteiger partial charge in [-0.1, -0.05) is 52.0 Å². The Balaban J connectivity index is 2.50. The summed E-state index contributed by atoms with van der Waals surface area (Å²) < 4.78 is 0. The first-order valence-electron chi connectivity index (χ1n) is 7.67. The van der Waals surface area contributed by atoms with Crippen molar-refractivity contribution in [2.24, 2.45) is 5.41 Å². The molecule has 2 aromatic rings. The molecular formula is C18H26N2. The molecule has 0 aliphatic rings. The van der Waals surface area contributed by atoms with Gasteiger partial charge in [0.05, 0.1) is 5.52 Å². The Kier molecular flexibility index (Phi) is 4.77. The molecule has 108 valence electrons. The van der Waals surface area contributed by atoms with E-state index in [9.17, 15) is 0 Å². The maximum atomic E-state index is 4.62. The number of hydrogen-bond acceptors (Lipinski definition) is 2. The SMILES string of the molecule is CCCNC(c1cccc2cccnc12)C(C)(C)CC. The lowest BCUT2D eigenvalue weighted by atomic mass is 9.77. The van der Waals surface area contributed by atoms with Gasteiger partial charge in [0.25, 0.3) is 0 Å². The van der Waals surface area contributed by atoms with Crippen LogP contribution >= 0.6 is 0 Å². The summed E-state index contributed by atoms with van der Waals surface area (Å²) in [5.74, 6) is 0. The molecule has 20 heavy (non-hydrogen) atoms. The molecule has 0 saturated carbocycles. The highest BCUT2D eigenvalue weighted by Crippen LogP contribution is 2.38. The molecule has 0 spiro atoms. The van der Waals surface area contributed by atoms with E-state index in [1.807, 2.05) is 12.3 Å². The van der Waals surface area contributed by atoms with E-state index in [4.69, 9.17) is 0 Å². The molecule has 1 N–H and O–H groups in total. The molecule has 0 fully saturated rings. The van der Waals surface area contributed by atoms with Gasteiger partial charge in [-0.15, -0.1) is 0 Å². The van der Waals surface area contributed by atoms with Gasteiger partial charge in [-0.25, -0.2) is 0 Å². The zero-order valence-corrected chi connectivity index (χ0v) is 13.1. The van der Waals surface area contributed by atoms with Crippen LogP contribution < -0.4 is 5.32 Å². The van der Waals surface area contributed by atoms with E-state index in [-0.39, 0.29) is 5.41 Å². The van der Waals surface area contributed by atoms with Crippen molar-refractivity contribution in [1.29, 1.82) is 0 Å².